The fourth-order valence-corrected chi connectivity index (χ4v) is 2.89. The molecule has 0 aliphatic carbocycles. The van der Waals surface area contributed by atoms with Gasteiger partial charge in [0.15, 0.2) is 0 Å². The van der Waals surface area contributed by atoms with Crippen LogP contribution >= 0.6 is 12.2 Å². The van der Waals surface area contributed by atoms with E-state index in [1.165, 1.54) is 12.0 Å². The third-order valence-corrected chi connectivity index (χ3v) is 3.93. The standard InChI is InChI=1S/C15H22N2O2S/c1-18-10-12-5-6-17(9-12)8-11-3-4-13(15(16)20)14(7-11)19-2/h3-4,7,12H,5-6,8-10H2,1-2H3,(H2,16,20). The molecule has 1 saturated heterocycles. The van der Waals surface area contributed by atoms with E-state index in [0.717, 1.165) is 37.6 Å². The van der Waals surface area contributed by atoms with E-state index in [1.807, 2.05) is 12.1 Å². The van der Waals surface area contributed by atoms with E-state index in [9.17, 15) is 0 Å². The van der Waals surface area contributed by atoms with Gasteiger partial charge in [0.1, 0.15) is 10.7 Å². The van der Waals surface area contributed by atoms with Crippen molar-refractivity contribution in [2.24, 2.45) is 11.7 Å². The van der Waals surface area contributed by atoms with E-state index in [2.05, 4.69) is 11.0 Å². The number of methoxy groups -OCH3 is 2. The van der Waals surface area contributed by atoms with Crippen molar-refractivity contribution in [2.75, 3.05) is 33.9 Å². The summed E-state index contributed by atoms with van der Waals surface area (Å²) in [6.45, 7) is 3.98. The van der Waals surface area contributed by atoms with Gasteiger partial charge in [-0.2, -0.15) is 0 Å². The van der Waals surface area contributed by atoms with Crippen molar-refractivity contribution < 1.29 is 9.47 Å². The highest BCUT2D eigenvalue weighted by Crippen LogP contribution is 2.23. The Morgan fingerprint density at radius 1 is 1.45 bits per heavy atom. The molecule has 1 aliphatic heterocycles. The first-order valence-corrected chi connectivity index (χ1v) is 7.23. The first-order chi connectivity index (χ1) is 9.63. The second kappa shape index (κ2) is 7.02. The average Bonchev–Trinajstić information content (AvgIpc) is 2.86. The van der Waals surface area contributed by atoms with Gasteiger partial charge in [-0.1, -0.05) is 18.3 Å². The lowest BCUT2D eigenvalue weighted by molar-refractivity contribution is 0.152. The van der Waals surface area contributed by atoms with Crippen molar-refractivity contribution in [3.8, 4) is 5.75 Å². The minimum Gasteiger partial charge on any atom is -0.496 e. The molecule has 20 heavy (non-hydrogen) atoms. The molecule has 1 unspecified atom stereocenters. The van der Waals surface area contributed by atoms with Crippen LogP contribution in [0.3, 0.4) is 0 Å². The van der Waals surface area contributed by atoms with E-state index >= 15 is 0 Å². The van der Waals surface area contributed by atoms with Crippen LogP contribution in [0.2, 0.25) is 0 Å². The number of nitrogens with zero attached hydrogens (tertiary/aromatic N) is 1. The molecular formula is C15H22N2O2S. The smallest absolute Gasteiger partial charge is 0.129 e. The molecule has 0 radical (unpaired) electrons. The molecular weight excluding hydrogens is 272 g/mol. The van der Waals surface area contributed by atoms with Gasteiger partial charge in [0.2, 0.25) is 0 Å². The Hall–Kier alpha value is -1.17. The molecule has 1 heterocycles. The molecule has 0 saturated carbocycles. The normalized spacial score (nSPS) is 19.2. The molecule has 110 valence electrons. The van der Waals surface area contributed by atoms with Crippen molar-refractivity contribution >= 4 is 17.2 Å². The van der Waals surface area contributed by atoms with Crippen molar-refractivity contribution in [3.05, 3.63) is 29.3 Å². The van der Waals surface area contributed by atoms with Gasteiger partial charge in [-0.3, -0.25) is 4.90 Å². The van der Waals surface area contributed by atoms with Gasteiger partial charge in [-0.15, -0.1) is 0 Å². The lowest BCUT2D eigenvalue weighted by Crippen LogP contribution is -2.21. The summed E-state index contributed by atoms with van der Waals surface area (Å²) in [6, 6.07) is 6.04. The highest BCUT2D eigenvalue weighted by Gasteiger charge is 2.22. The number of hydrogen-bond donors (Lipinski definition) is 1. The molecule has 5 heteroatoms. The molecule has 2 N–H and O–H groups in total. The number of thiocarbonyl (C=S) groups is 1. The summed E-state index contributed by atoms with van der Waals surface area (Å²) < 4.78 is 10.6. The van der Waals surface area contributed by atoms with E-state index < -0.39 is 0 Å². The summed E-state index contributed by atoms with van der Waals surface area (Å²) in [7, 11) is 3.41. The second-order valence-corrected chi connectivity index (χ2v) is 5.68. The van der Waals surface area contributed by atoms with Crippen LogP contribution in [0.5, 0.6) is 5.75 Å². The number of benzene rings is 1. The number of nitrogens with two attached hydrogens (primary N) is 1. The SMILES string of the molecule is COCC1CCN(Cc2ccc(C(N)=S)c(OC)c2)C1. The Kier molecular flexibility index (Phi) is 5.34. The molecule has 2 rings (SSSR count). The summed E-state index contributed by atoms with van der Waals surface area (Å²) in [6.07, 6.45) is 1.20. The van der Waals surface area contributed by atoms with Crippen LogP contribution in [-0.4, -0.2) is 43.8 Å². The van der Waals surface area contributed by atoms with Crippen LogP contribution in [0.25, 0.3) is 0 Å². The van der Waals surface area contributed by atoms with Crippen LogP contribution in [0.1, 0.15) is 17.5 Å². The van der Waals surface area contributed by atoms with Gasteiger partial charge < -0.3 is 15.2 Å². The predicted molar refractivity (Wildman–Crippen MR) is 84.1 cm³/mol. The summed E-state index contributed by atoms with van der Waals surface area (Å²) in [5.41, 5.74) is 7.70. The molecule has 1 aromatic carbocycles. The quantitative estimate of drug-likeness (QED) is 0.811. The average molecular weight is 294 g/mol. The van der Waals surface area contributed by atoms with Crippen LogP contribution in [0, 0.1) is 5.92 Å². The topological polar surface area (TPSA) is 47.7 Å². The van der Waals surface area contributed by atoms with Crippen molar-refractivity contribution in [1.29, 1.82) is 0 Å². The van der Waals surface area contributed by atoms with E-state index in [4.69, 9.17) is 27.4 Å². The molecule has 0 aromatic heterocycles. The van der Waals surface area contributed by atoms with Crippen molar-refractivity contribution in [1.82, 2.24) is 4.90 Å². The summed E-state index contributed by atoms with van der Waals surface area (Å²) >= 11 is 5.02. The zero-order chi connectivity index (χ0) is 14.5. The Balaban J connectivity index is 2.02. The van der Waals surface area contributed by atoms with Gasteiger partial charge in [-0.25, -0.2) is 0 Å². The zero-order valence-corrected chi connectivity index (χ0v) is 12.9. The van der Waals surface area contributed by atoms with Crippen molar-refractivity contribution in [2.45, 2.75) is 13.0 Å². The third-order valence-electron chi connectivity index (χ3n) is 3.71. The van der Waals surface area contributed by atoms with E-state index in [1.54, 1.807) is 14.2 Å². The number of hydrogen-bond acceptors (Lipinski definition) is 4. The fraction of sp³-hybridized carbons (Fsp3) is 0.533. The van der Waals surface area contributed by atoms with Crippen LogP contribution in [0.4, 0.5) is 0 Å². The van der Waals surface area contributed by atoms with E-state index in [-0.39, 0.29) is 0 Å². The van der Waals surface area contributed by atoms with Gasteiger partial charge >= 0.3 is 0 Å². The van der Waals surface area contributed by atoms with Gasteiger partial charge in [0.25, 0.3) is 0 Å². The predicted octanol–water partition coefficient (Wildman–Crippen LogP) is 1.80. The Morgan fingerprint density at radius 3 is 2.90 bits per heavy atom. The molecule has 1 aromatic rings. The molecule has 0 bridgehead atoms. The monoisotopic (exact) mass is 294 g/mol. The maximum atomic E-state index is 5.68. The Bertz CT molecular complexity index is 479. The van der Waals surface area contributed by atoms with E-state index in [0.29, 0.717) is 10.9 Å². The molecule has 0 spiro atoms. The minimum absolute atomic E-state index is 0.370. The largest absolute Gasteiger partial charge is 0.496 e. The van der Waals surface area contributed by atoms with Gasteiger partial charge in [0, 0.05) is 20.2 Å². The first-order valence-electron chi connectivity index (χ1n) is 6.82. The molecule has 1 aliphatic rings. The molecule has 4 nitrogen and oxygen atoms in total. The molecule has 1 atom stereocenters. The highest BCUT2D eigenvalue weighted by atomic mass is 32.1. The highest BCUT2D eigenvalue weighted by molar-refractivity contribution is 7.80. The number of rotatable bonds is 6. The molecule has 1 fully saturated rings. The Morgan fingerprint density at radius 2 is 2.25 bits per heavy atom. The number of ether oxygens (including phenoxy) is 2. The maximum Gasteiger partial charge on any atom is 0.129 e. The summed E-state index contributed by atoms with van der Waals surface area (Å²) in [5, 5.41) is 0. The molecule has 0 amide bonds. The summed E-state index contributed by atoms with van der Waals surface area (Å²) in [4.78, 5) is 2.81. The lowest BCUT2D eigenvalue weighted by atomic mass is 10.1. The van der Waals surface area contributed by atoms with Gasteiger partial charge in [-0.05, 0) is 36.6 Å². The van der Waals surface area contributed by atoms with Crippen LogP contribution < -0.4 is 10.5 Å². The minimum atomic E-state index is 0.370. The van der Waals surface area contributed by atoms with Crippen LogP contribution in [0.15, 0.2) is 18.2 Å². The van der Waals surface area contributed by atoms with Crippen molar-refractivity contribution in [3.63, 3.8) is 0 Å². The van der Waals surface area contributed by atoms with Gasteiger partial charge in [0.05, 0.1) is 19.3 Å². The lowest BCUT2D eigenvalue weighted by Gasteiger charge is -2.17. The summed E-state index contributed by atoms with van der Waals surface area (Å²) in [5.74, 6) is 1.40. The Labute approximate surface area is 125 Å². The fourth-order valence-electron chi connectivity index (χ4n) is 2.72. The van der Waals surface area contributed by atoms with Crippen LogP contribution in [-0.2, 0) is 11.3 Å². The zero-order valence-electron chi connectivity index (χ0n) is 12.1. The third kappa shape index (κ3) is 3.69. The number of likely N-dealkylation sites (tertiary alicyclic amines) is 1. The first kappa shape index (κ1) is 15.2. The second-order valence-electron chi connectivity index (χ2n) is 5.24. The maximum absolute atomic E-state index is 5.68.